The van der Waals surface area contributed by atoms with Crippen molar-refractivity contribution in [2.45, 2.75) is 12.8 Å². The van der Waals surface area contributed by atoms with E-state index in [1.54, 1.807) is 18.2 Å². The van der Waals surface area contributed by atoms with Crippen molar-refractivity contribution in [2.75, 3.05) is 29.4 Å². The van der Waals surface area contributed by atoms with Crippen LogP contribution in [-0.2, 0) is 10.0 Å². The van der Waals surface area contributed by atoms with Gasteiger partial charge in [0.1, 0.15) is 5.75 Å². The largest absolute Gasteiger partial charge is 0.495 e. The third-order valence-corrected chi connectivity index (χ3v) is 4.68. The van der Waals surface area contributed by atoms with Crippen LogP contribution < -0.4 is 14.8 Å². The Hall–Kier alpha value is -1.43. The van der Waals surface area contributed by atoms with Crippen LogP contribution in [0.25, 0.3) is 0 Å². The molecule has 1 aliphatic heterocycles. The van der Waals surface area contributed by atoms with Crippen LogP contribution in [0.2, 0.25) is 0 Å². The first kappa shape index (κ1) is 12.0. The molecule has 5 nitrogen and oxygen atoms in total. The van der Waals surface area contributed by atoms with E-state index in [1.807, 2.05) is 0 Å². The summed E-state index contributed by atoms with van der Waals surface area (Å²) in [6.45, 7) is 0.488. The molecule has 0 unspecified atom stereocenters. The van der Waals surface area contributed by atoms with Gasteiger partial charge < -0.3 is 10.5 Å². The second-order valence-electron chi connectivity index (χ2n) is 4.03. The molecule has 1 fully saturated rings. The lowest BCUT2D eigenvalue weighted by atomic mass is 10.2. The molecule has 17 heavy (non-hydrogen) atoms. The van der Waals surface area contributed by atoms with Crippen molar-refractivity contribution < 1.29 is 13.2 Å². The van der Waals surface area contributed by atoms with Gasteiger partial charge in [-0.15, -0.1) is 0 Å². The molecule has 0 bridgehead atoms. The predicted octanol–water partition coefficient (Wildman–Crippen LogP) is 1.21. The molecule has 0 aliphatic carbocycles. The fourth-order valence-corrected chi connectivity index (χ4v) is 3.60. The van der Waals surface area contributed by atoms with E-state index in [-0.39, 0.29) is 5.75 Å². The molecule has 2 rings (SSSR count). The normalized spacial score (nSPS) is 19.0. The van der Waals surface area contributed by atoms with Gasteiger partial charge in [-0.25, -0.2) is 8.42 Å². The van der Waals surface area contributed by atoms with Crippen molar-refractivity contribution in [3.05, 3.63) is 18.2 Å². The number of nitrogens with zero attached hydrogens (tertiary/aromatic N) is 1. The first-order valence-electron chi connectivity index (χ1n) is 5.48. The van der Waals surface area contributed by atoms with Gasteiger partial charge in [0.2, 0.25) is 10.0 Å². The zero-order valence-electron chi connectivity index (χ0n) is 9.72. The number of nitrogens with two attached hydrogens (primary N) is 1. The lowest BCUT2D eigenvalue weighted by Gasteiger charge is -2.29. The summed E-state index contributed by atoms with van der Waals surface area (Å²) < 4.78 is 30.6. The monoisotopic (exact) mass is 256 g/mol. The van der Waals surface area contributed by atoms with Crippen LogP contribution >= 0.6 is 0 Å². The second kappa shape index (κ2) is 4.44. The maximum absolute atomic E-state index is 12.0. The SMILES string of the molecule is COc1ccc(N)cc1N1CCCCS1(=O)=O. The second-order valence-corrected chi connectivity index (χ2v) is 6.04. The van der Waals surface area contributed by atoms with Crippen LogP contribution in [0.3, 0.4) is 0 Å². The molecule has 2 N–H and O–H groups in total. The summed E-state index contributed by atoms with van der Waals surface area (Å²) in [5, 5.41) is 0. The topological polar surface area (TPSA) is 72.6 Å². The molecule has 0 saturated carbocycles. The highest BCUT2D eigenvalue weighted by Crippen LogP contribution is 2.34. The zero-order valence-corrected chi connectivity index (χ0v) is 10.5. The van der Waals surface area contributed by atoms with Crippen molar-refractivity contribution in [1.29, 1.82) is 0 Å². The molecule has 0 radical (unpaired) electrons. The van der Waals surface area contributed by atoms with Gasteiger partial charge in [0, 0.05) is 12.2 Å². The van der Waals surface area contributed by atoms with Crippen molar-refractivity contribution in [1.82, 2.24) is 0 Å². The third kappa shape index (κ3) is 2.31. The summed E-state index contributed by atoms with van der Waals surface area (Å²) in [4.78, 5) is 0. The third-order valence-electron chi connectivity index (χ3n) is 2.82. The highest BCUT2D eigenvalue weighted by molar-refractivity contribution is 7.92. The number of hydrogen-bond donors (Lipinski definition) is 1. The number of ether oxygens (including phenoxy) is 1. The minimum atomic E-state index is -3.23. The number of rotatable bonds is 2. The summed E-state index contributed by atoms with van der Waals surface area (Å²) >= 11 is 0. The molecule has 0 atom stereocenters. The quantitative estimate of drug-likeness (QED) is 0.807. The molecule has 1 aliphatic rings. The number of methoxy groups -OCH3 is 1. The number of hydrogen-bond acceptors (Lipinski definition) is 4. The predicted molar refractivity (Wildman–Crippen MR) is 67.8 cm³/mol. The van der Waals surface area contributed by atoms with E-state index >= 15 is 0 Å². The number of nitrogen functional groups attached to an aromatic ring is 1. The van der Waals surface area contributed by atoms with E-state index in [0.29, 0.717) is 30.1 Å². The van der Waals surface area contributed by atoms with Crippen molar-refractivity contribution in [3.63, 3.8) is 0 Å². The molecule has 1 aromatic carbocycles. The lowest BCUT2D eigenvalue weighted by Crippen LogP contribution is -2.38. The van der Waals surface area contributed by atoms with E-state index in [2.05, 4.69) is 0 Å². The number of sulfonamides is 1. The van der Waals surface area contributed by atoms with Crippen LogP contribution in [0.4, 0.5) is 11.4 Å². The Morgan fingerprint density at radius 2 is 2.12 bits per heavy atom. The Labute approximate surface area is 101 Å². The van der Waals surface area contributed by atoms with Gasteiger partial charge in [0.15, 0.2) is 0 Å². The summed E-state index contributed by atoms with van der Waals surface area (Å²) in [6, 6.07) is 5.02. The molecule has 0 spiro atoms. The van der Waals surface area contributed by atoms with Crippen LogP contribution in [0, 0.1) is 0 Å². The van der Waals surface area contributed by atoms with Gasteiger partial charge in [0.25, 0.3) is 0 Å². The van der Waals surface area contributed by atoms with E-state index in [9.17, 15) is 8.42 Å². The van der Waals surface area contributed by atoms with Crippen LogP contribution in [0.15, 0.2) is 18.2 Å². The van der Waals surface area contributed by atoms with Gasteiger partial charge in [-0.1, -0.05) is 0 Å². The molecular weight excluding hydrogens is 240 g/mol. The van der Waals surface area contributed by atoms with Crippen LogP contribution in [-0.4, -0.2) is 27.8 Å². The van der Waals surface area contributed by atoms with Gasteiger partial charge in [-0.2, -0.15) is 0 Å². The zero-order chi connectivity index (χ0) is 12.5. The van der Waals surface area contributed by atoms with E-state index in [0.717, 1.165) is 6.42 Å². The van der Waals surface area contributed by atoms with E-state index in [1.165, 1.54) is 11.4 Å². The fourth-order valence-electron chi connectivity index (χ4n) is 1.96. The number of benzene rings is 1. The van der Waals surface area contributed by atoms with Crippen molar-refractivity contribution in [3.8, 4) is 5.75 Å². The minimum absolute atomic E-state index is 0.185. The fraction of sp³-hybridized carbons (Fsp3) is 0.455. The first-order chi connectivity index (χ1) is 8.04. The van der Waals surface area contributed by atoms with Gasteiger partial charge >= 0.3 is 0 Å². The molecule has 1 heterocycles. The molecule has 1 aromatic rings. The molecular formula is C11H16N2O3S. The standard InChI is InChI=1S/C11H16N2O3S/c1-16-11-5-4-9(12)8-10(11)13-6-2-3-7-17(13,14)15/h4-5,8H,2-3,6-7,12H2,1H3. The average Bonchev–Trinajstić information content (AvgIpc) is 2.28. The summed E-state index contributed by atoms with van der Waals surface area (Å²) in [5.74, 6) is 0.718. The Morgan fingerprint density at radius 3 is 2.76 bits per heavy atom. The van der Waals surface area contributed by atoms with Crippen LogP contribution in [0.5, 0.6) is 5.75 Å². The molecule has 1 saturated heterocycles. The first-order valence-corrected chi connectivity index (χ1v) is 7.09. The van der Waals surface area contributed by atoms with Crippen molar-refractivity contribution in [2.24, 2.45) is 0 Å². The van der Waals surface area contributed by atoms with Crippen LogP contribution in [0.1, 0.15) is 12.8 Å². The highest BCUT2D eigenvalue weighted by atomic mass is 32.2. The Bertz CT molecular complexity index is 513. The van der Waals surface area contributed by atoms with E-state index in [4.69, 9.17) is 10.5 Å². The summed E-state index contributed by atoms with van der Waals surface area (Å²) in [6.07, 6.45) is 1.57. The Balaban J connectivity index is 2.48. The number of anilines is 2. The van der Waals surface area contributed by atoms with Gasteiger partial charge in [-0.3, -0.25) is 4.31 Å². The molecule has 94 valence electrons. The Kier molecular flexibility index (Phi) is 3.15. The summed E-state index contributed by atoms with van der Waals surface area (Å²) in [7, 11) is -1.71. The maximum atomic E-state index is 12.0. The average molecular weight is 256 g/mol. The smallest absolute Gasteiger partial charge is 0.235 e. The minimum Gasteiger partial charge on any atom is -0.495 e. The Morgan fingerprint density at radius 1 is 1.35 bits per heavy atom. The molecule has 0 amide bonds. The van der Waals surface area contributed by atoms with Gasteiger partial charge in [0.05, 0.1) is 18.6 Å². The highest BCUT2D eigenvalue weighted by Gasteiger charge is 2.28. The maximum Gasteiger partial charge on any atom is 0.235 e. The van der Waals surface area contributed by atoms with Gasteiger partial charge in [-0.05, 0) is 31.0 Å². The van der Waals surface area contributed by atoms with E-state index < -0.39 is 10.0 Å². The molecule has 0 aromatic heterocycles. The summed E-state index contributed by atoms with van der Waals surface area (Å²) in [5.41, 5.74) is 6.76. The van der Waals surface area contributed by atoms with Crippen molar-refractivity contribution >= 4 is 21.4 Å². The lowest BCUT2D eigenvalue weighted by molar-refractivity contribution is 0.415. The molecule has 6 heteroatoms.